The summed E-state index contributed by atoms with van der Waals surface area (Å²) >= 11 is 0. The zero-order valence-corrected chi connectivity index (χ0v) is 19.3. The molecular weight excluding hydrogens is 437 g/mol. The summed E-state index contributed by atoms with van der Waals surface area (Å²) in [5, 5.41) is 18.0. The van der Waals surface area contributed by atoms with Crippen LogP contribution in [-0.4, -0.2) is 40.3 Å². The topological polar surface area (TPSA) is 109 Å². The van der Waals surface area contributed by atoms with Crippen molar-refractivity contribution in [3.8, 4) is 11.5 Å². The summed E-state index contributed by atoms with van der Waals surface area (Å²) in [6.45, 7) is 0. The summed E-state index contributed by atoms with van der Waals surface area (Å²) in [5.41, 5.74) is 0.572. The maximum absolute atomic E-state index is 13.5. The van der Waals surface area contributed by atoms with E-state index in [1.54, 1.807) is 12.1 Å². The van der Waals surface area contributed by atoms with Crippen LogP contribution in [0, 0.1) is 11.7 Å². The van der Waals surface area contributed by atoms with Gasteiger partial charge in [-0.2, -0.15) is 0 Å². The number of nitrogens with one attached hydrogen (secondary N) is 3. The summed E-state index contributed by atoms with van der Waals surface area (Å²) < 4.78 is 19.3. The van der Waals surface area contributed by atoms with E-state index in [1.807, 2.05) is 0 Å². The quantitative estimate of drug-likeness (QED) is 0.598. The van der Waals surface area contributed by atoms with Crippen LogP contribution in [0.1, 0.15) is 76.0 Å². The number of amides is 2. The molecule has 8 nitrogen and oxygen atoms in total. The van der Waals surface area contributed by atoms with Crippen LogP contribution >= 0.6 is 0 Å². The molecule has 0 bridgehead atoms. The number of halogens is 1. The van der Waals surface area contributed by atoms with Gasteiger partial charge < -0.3 is 15.1 Å². The molecule has 1 aliphatic heterocycles. The highest BCUT2D eigenvalue weighted by atomic mass is 19.1. The van der Waals surface area contributed by atoms with E-state index < -0.39 is 0 Å². The van der Waals surface area contributed by atoms with E-state index in [9.17, 15) is 14.0 Å². The Kier molecular flexibility index (Phi) is 6.89. The number of aromatic nitrogens is 2. The van der Waals surface area contributed by atoms with Gasteiger partial charge >= 0.3 is 0 Å². The fourth-order valence-electron chi connectivity index (χ4n) is 5.58. The van der Waals surface area contributed by atoms with Crippen LogP contribution in [0.3, 0.4) is 0 Å². The fourth-order valence-corrected chi connectivity index (χ4v) is 5.58. The summed E-state index contributed by atoms with van der Waals surface area (Å²) in [4.78, 5) is 24.9. The Morgan fingerprint density at radius 3 is 2.76 bits per heavy atom. The maximum atomic E-state index is 13.5. The van der Waals surface area contributed by atoms with Gasteiger partial charge in [0.1, 0.15) is 5.82 Å². The lowest BCUT2D eigenvalue weighted by Gasteiger charge is -2.40. The second kappa shape index (κ2) is 10.2. The first-order chi connectivity index (χ1) is 16.5. The molecule has 3 atom stereocenters. The molecule has 182 valence electrons. The number of benzene rings is 1. The standard InChI is InChI=1S/C25H32FN5O3/c26-17-5-3-4-16(14-17)25-31-30-24(34-25)15-8-10-18(11-9-15)27-22(32)13-12-21-28-20-7-2-1-6-19(20)23(33)29-21/h3-5,14-15,18-21,28H,1-2,6-13H2,(H,27,32)(H,29,33). The zero-order chi connectivity index (χ0) is 23.5. The molecule has 2 amide bonds. The highest BCUT2D eigenvalue weighted by molar-refractivity contribution is 5.81. The first-order valence-electron chi connectivity index (χ1n) is 12.5. The van der Waals surface area contributed by atoms with E-state index in [2.05, 4.69) is 26.1 Å². The minimum absolute atomic E-state index is 0.0245. The Bertz CT molecular complexity index is 1020. The van der Waals surface area contributed by atoms with E-state index in [0.29, 0.717) is 30.2 Å². The molecule has 3 fully saturated rings. The molecular formula is C25H32FN5O3. The average molecular weight is 470 g/mol. The lowest BCUT2D eigenvalue weighted by Crippen LogP contribution is -2.62. The van der Waals surface area contributed by atoms with Gasteiger partial charge in [0.05, 0.1) is 12.1 Å². The van der Waals surface area contributed by atoms with E-state index in [1.165, 1.54) is 12.1 Å². The van der Waals surface area contributed by atoms with E-state index >= 15 is 0 Å². The maximum Gasteiger partial charge on any atom is 0.247 e. The van der Waals surface area contributed by atoms with Crippen molar-refractivity contribution in [2.45, 2.75) is 88.4 Å². The zero-order valence-electron chi connectivity index (χ0n) is 19.3. The molecule has 2 saturated carbocycles. The van der Waals surface area contributed by atoms with Crippen molar-refractivity contribution >= 4 is 11.8 Å². The van der Waals surface area contributed by atoms with Crippen molar-refractivity contribution in [2.75, 3.05) is 0 Å². The molecule has 34 heavy (non-hydrogen) atoms. The minimum atomic E-state index is -0.340. The Morgan fingerprint density at radius 1 is 1.12 bits per heavy atom. The summed E-state index contributed by atoms with van der Waals surface area (Å²) in [7, 11) is 0. The van der Waals surface area contributed by atoms with Gasteiger partial charge in [0.2, 0.25) is 23.6 Å². The second-order valence-corrected chi connectivity index (χ2v) is 9.84. The van der Waals surface area contributed by atoms with Crippen LogP contribution in [0.25, 0.3) is 11.5 Å². The molecule has 0 spiro atoms. The summed E-state index contributed by atoms with van der Waals surface area (Å²) in [6.07, 6.45) is 8.50. The number of hydrogen-bond acceptors (Lipinski definition) is 6. The number of carbonyl (C=O) groups is 2. The normalized spacial score (nSPS) is 29.2. The van der Waals surface area contributed by atoms with Crippen molar-refractivity contribution in [3.63, 3.8) is 0 Å². The highest BCUT2D eigenvalue weighted by Crippen LogP contribution is 2.33. The van der Waals surface area contributed by atoms with Gasteiger partial charge in [-0.25, -0.2) is 4.39 Å². The lowest BCUT2D eigenvalue weighted by molar-refractivity contribution is -0.131. The van der Waals surface area contributed by atoms with Crippen molar-refractivity contribution in [1.82, 2.24) is 26.1 Å². The second-order valence-electron chi connectivity index (χ2n) is 9.84. The molecule has 0 radical (unpaired) electrons. The third kappa shape index (κ3) is 5.29. The number of nitrogens with zero attached hydrogens (tertiary/aromatic N) is 2. The van der Waals surface area contributed by atoms with E-state index in [0.717, 1.165) is 51.4 Å². The first-order valence-corrected chi connectivity index (χ1v) is 12.5. The SMILES string of the molecule is O=C(CCC1NC(=O)C2CCCCC2N1)NC1CCC(c2nnc(-c3cccc(F)c3)o2)CC1. The monoisotopic (exact) mass is 469 g/mol. The number of hydrogen-bond donors (Lipinski definition) is 3. The van der Waals surface area contributed by atoms with Crippen molar-refractivity contribution < 1.29 is 18.4 Å². The van der Waals surface area contributed by atoms with Crippen molar-refractivity contribution in [1.29, 1.82) is 0 Å². The molecule has 2 heterocycles. The van der Waals surface area contributed by atoms with Crippen LogP contribution in [0.2, 0.25) is 0 Å². The van der Waals surface area contributed by atoms with Gasteiger partial charge in [-0.15, -0.1) is 10.2 Å². The van der Waals surface area contributed by atoms with Gasteiger partial charge in [-0.1, -0.05) is 18.9 Å². The molecule has 9 heteroatoms. The van der Waals surface area contributed by atoms with Crippen LogP contribution in [0.4, 0.5) is 4.39 Å². The molecule has 3 aliphatic rings. The van der Waals surface area contributed by atoms with E-state index in [-0.39, 0.29) is 47.7 Å². The van der Waals surface area contributed by atoms with Crippen LogP contribution < -0.4 is 16.0 Å². The Morgan fingerprint density at radius 2 is 1.94 bits per heavy atom. The van der Waals surface area contributed by atoms with Gasteiger partial charge in [-0.05, 0) is 63.1 Å². The summed E-state index contributed by atoms with van der Waals surface area (Å²) in [6, 6.07) is 6.50. The molecule has 3 unspecified atom stereocenters. The van der Waals surface area contributed by atoms with Gasteiger partial charge in [0, 0.05) is 30.0 Å². The number of carbonyl (C=O) groups excluding carboxylic acids is 2. The lowest BCUT2D eigenvalue weighted by atomic mass is 9.82. The predicted molar refractivity (Wildman–Crippen MR) is 123 cm³/mol. The molecule has 1 aromatic heterocycles. The summed E-state index contributed by atoms with van der Waals surface area (Å²) in [5.74, 6) is 0.946. The van der Waals surface area contributed by atoms with Crippen LogP contribution in [-0.2, 0) is 9.59 Å². The first kappa shape index (κ1) is 23.0. The average Bonchev–Trinajstić information content (AvgIpc) is 3.34. The Balaban J connectivity index is 1.05. The van der Waals surface area contributed by atoms with Gasteiger partial charge in [0.15, 0.2) is 0 Å². The Labute approximate surface area is 198 Å². The fraction of sp³-hybridized carbons (Fsp3) is 0.600. The largest absolute Gasteiger partial charge is 0.420 e. The minimum Gasteiger partial charge on any atom is -0.420 e. The molecule has 1 saturated heterocycles. The number of fused-ring (bicyclic) bond motifs is 1. The van der Waals surface area contributed by atoms with Gasteiger partial charge in [0.25, 0.3) is 0 Å². The molecule has 2 aromatic rings. The highest BCUT2D eigenvalue weighted by Gasteiger charge is 2.37. The van der Waals surface area contributed by atoms with Crippen LogP contribution in [0.5, 0.6) is 0 Å². The smallest absolute Gasteiger partial charge is 0.247 e. The van der Waals surface area contributed by atoms with Crippen LogP contribution in [0.15, 0.2) is 28.7 Å². The molecule has 1 aromatic carbocycles. The predicted octanol–water partition coefficient (Wildman–Crippen LogP) is 3.40. The Hall–Kier alpha value is -2.81. The molecule has 5 rings (SSSR count). The third-order valence-corrected chi connectivity index (χ3v) is 7.45. The molecule has 2 aliphatic carbocycles. The third-order valence-electron chi connectivity index (χ3n) is 7.45. The number of rotatable bonds is 6. The van der Waals surface area contributed by atoms with Crippen molar-refractivity contribution in [2.24, 2.45) is 5.92 Å². The molecule has 3 N–H and O–H groups in total. The van der Waals surface area contributed by atoms with Gasteiger partial charge in [-0.3, -0.25) is 14.9 Å². The van der Waals surface area contributed by atoms with E-state index in [4.69, 9.17) is 4.42 Å². The van der Waals surface area contributed by atoms with Crippen molar-refractivity contribution in [3.05, 3.63) is 36.0 Å².